The highest BCUT2D eigenvalue weighted by Crippen LogP contribution is 2.25. The van der Waals surface area contributed by atoms with Crippen LogP contribution in [0.3, 0.4) is 0 Å². The van der Waals surface area contributed by atoms with Gasteiger partial charge in [-0.1, -0.05) is 11.6 Å². The van der Waals surface area contributed by atoms with Gasteiger partial charge in [0.05, 0.1) is 10.9 Å². The third kappa shape index (κ3) is 5.45. The first-order chi connectivity index (χ1) is 8.85. The van der Waals surface area contributed by atoms with Gasteiger partial charge in [-0.25, -0.2) is 13.1 Å². The Labute approximate surface area is 121 Å². The largest absolute Gasteiger partial charge is 0.353 e. The first kappa shape index (κ1) is 16.4. The van der Waals surface area contributed by atoms with Crippen molar-refractivity contribution in [2.75, 3.05) is 20.1 Å². The van der Waals surface area contributed by atoms with Crippen molar-refractivity contribution in [1.29, 1.82) is 0 Å². The van der Waals surface area contributed by atoms with E-state index in [4.69, 9.17) is 11.6 Å². The summed E-state index contributed by atoms with van der Waals surface area (Å²) in [7, 11) is -1.89. The average Bonchev–Trinajstić information content (AvgIpc) is 2.81. The molecule has 1 heterocycles. The number of hydrogen-bond donors (Lipinski definition) is 3. The molecule has 0 spiro atoms. The van der Waals surface area contributed by atoms with E-state index in [0.29, 0.717) is 10.9 Å². The summed E-state index contributed by atoms with van der Waals surface area (Å²) in [5.41, 5.74) is 0. The molecule has 1 unspecified atom stereocenters. The highest BCUT2D eigenvalue weighted by atomic mass is 35.5. The zero-order chi connectivity index (χ0) is 14.5. The molecule has 0 aliphatic rings. The minimum Gasteiger partial charge on any atom is -0.353 e. The summed E-state index contributed by atoms with van der Waals surface area (Å²) in [6, 6.07) is 3.02. The minimum atomic E-state index is -3.67. The highest BCUT2D eigenvalue weighted by Gasteiger charge is 2.17. The molecule has 6 nitrogen and oxygen atoms in total. The van der Waals surface area contributed by atoms with Crippen LogP contribution in [0.5, 0.6) is 0 Å². The molecule has 1 aromatic rings. The van der Waals surface area contributed by atoms with E-state index in [2.05, 4.69) is 15.4 Å². The second-order valence-electron chi connectivity index (χ2n) is 3.88. The number of sulfonamides is 1. The molecule has 0 fully saturated rings. The normalized spacial score (nSPS) is 13.2. The summed E-state index contributed by atoms with van der Waals surface area (Å²) in [5, 5.41) is 5.57. The van der Waals surface area contributed by atoms with E-state index in [0.717, 1.165) is 11.3 Å². The Morgan fingerprint density at radius 2 is 2.16 bits per heavy atom. The molecule has 0 saturated carbocycles. The maximum Gasteiger partial charge on any atom is 0.250 e. The molecular formula is C10H16ClN3O3S2. The number of likely N-dealkylation sites (N-methyl/N-ethyl adjacent to an activating group) is 1. The molecule has 1 atom stereocenters. The molecule has 1 amide bonds. The number of amides is 1. The molecule has 0 radical (unpaired) electrons. The first-order valence-corrected chi connectivity index (χ1v) is 8.22. The standard InChI is InChI=1S/C10H16ClN3O3S2/c1-7(12-2)5-13-9(15)6-14-19(16,17)10-4-3-8(11)18-10/h3-4,7,12,14H,5-6H2,1-2H3,(H,13,15). The van der Waals surface area contributed by atoms with Crippen LogP contribution in [-0.2, 0) is 14.8 Å². The van der Waals surface area contributed by atoms with E-state index in [9.17, 15) is 13.2 Å². The molecule has 1 rings (SSSR count). The summed E-state index contributed by atoms with van der Waals surface area (Å²) < 4.78 is 26.3. The average molecular weight is 326 g/mol. The van der Waals surface area contributed by atoms with E-state index in [1.54, 1.807) is 7.05 Å². The van der Waals surface area contributed by atoms with Crippen molar-refractivity contribution in [1.82, 2.24) is 15.4 Å². The Morgan fingerprint density at radius 1 is 1.47 bits per heavy atom. The van der Waals surface area contributed by atoms with E-state index in [-0.39, 0.29) is 22.7 Å². The van der Waals surface area contributed by atoms with Gasteiger partial charge in [-0.05, 0) is 26.1 Å². The second-order valence-corrected chi connectivity index (χ2v) is 7.59. The maximum atomic E-state index is 11.8. The highest BCUT2D eigenvalue weighted by molar-refractivity contribution is 7.91. The Balaban J connectivity index is 2.45. The fraction of sp³-hybridized carbons (Fsp3) is 0.500. The van der Waals surface area contributed by atoms with Crippen molar-refractivity contribution in [3.8, 4) is 0 Å². The number of hydrogen-bond acceptors (Lipinski definition) is 5. The fourth-order valence-electron chi connectivity index (χ4n) is 1.11. The van der Waals surface area contributed by atoms with Crippen LogP contribution in [0.25, 0.3) is 0 Å². The summed E-state index contributed by atoms with van der Waals surface area (Å²) in [6.07, 6.45) is 0. The predicted molar refractivity (Wildman–Crippen MR) is 76.0 cm³/mol. The molecule has 1 aromatic heterocycles. The van der Waals surface area contributed by atoms with Gasteiger partial charge in [-0.3, -0.25) is 4.79 Å². The predicted octanol–water partition coefficient (Wildman–Crippen LogP) is 0.404. The summed E-state index contributed by atoms with van der Waals surface area (Å²) >= 11 is 6.61. The van der Waals surface area contributed by atoms with Crippen LogP contribution in [0, 0.1) is 0 Å². The molecule has 0 aromatic carbocycles. The summed E-state index contributed by atoms with van der Waals surface area (Å²) in [6.45, 7) is 2.04. The number of rotatable bonds is 7. The number of nitrogens with one attached hydrogen (secondary N) is 3. The SMILES string of the molecule is CNC(C)CNC(=O)CNS(=O)(=O)c1ccc(Cl)s1. The van der Waals surface area contributed by atoms with Crippen LogP contribution < -0.4 is 15.4 Å². The van der Waals surface area contributed by atoms with Crippen molar-refractivity contribution < 1.29 is 13.2 Å². The van der Waals surface area contributed by atoms with Gasteiger partial charge >= 0.3 is 0 Å². The van der Waals surface area contributed by atoms with Gasteiger partial charge in [0.15, 0.2) is 0 Å². The number of thiophene rings is 1. The van der Waals surface area contributed by atoms with Crippen molar-refractivity contribution in [3.05, 3.63) is 16.5 Å². The Kier molecular flexibility index (Phi) is 6.21. The summed E-state index contributed by atoms with van der Waals surface area (Å²) in [5.74, 6) is -0.381. The van der Waals surface area contributed by atoms with E-state index in [1.807, 2.05) is 6.92 Å². The van der Waals surface area contributed by atoms with Gasteiger partial charge in [0.25, 0.3) is 10.0 Å². The molecular weight excluding hydrogens is 310 g/mol. The molecule has 0 aliphatic carbocycles. The van der Waals surface area contributed by atoms with Crippen molar-refractivity contribution >= 4 is 38.9 Å². The van der Waals surface area contributed by atoms with Crippen LogP contribution in [-0.4, -0.2) is 40.5 Å². The molecule has 0 aliphatic heterocycles. The lowest BCUT2D eigenvalue weighted by Crippen LogP contribution is -2.42. The van der Waals surface area contributed by atoms with Gasteiger partial charge in [0, 0.05) is 12.6 Å². The van der Waals surface area contributed by atoms with Crippen LogP contribution in [0.2, 0.25) is 4.34 Å². The Morgan fingerprint density at radius 3 is 2.68 bits per heavy atom. The fourth-order valence-corrected chi connectivity index (χ4v) is 3.61. The van der Waals surface area contributed by atoms with E-state index in [1.165, 1.54) is 12.1 Å². The smallest absolute Gasteiger partial charge is 0.250 e. The minimum absolute atomic E-state index is 0.0916. The van der Waals surface area contributed by atoms with Gasteiger partial charge < -0.3 is 10.6 Å². The van der Waals surface area contributed by atoms with Crippen LogP contribution in [0.1, 0.15) is 6.92 Å². The van der Waals surface area contributed by atoms with Gasteiger partial charge in [-0.2, -0.15) is 0 Å². The van der Waals surface area contributed by atoms with Gasteiger partial charge in [0.2, 0.25) is 5.91 Å². The zero-order valence-electron chi connectivity index (χ0n) is 10.6. The monoisotopic (exact) mass is 325 g/mol. The second kappa shape index (κ2) is 7.20. The summed E-state index contributed by atoms with van der Waals surface area (Å²) in [4.78, 5) is 11.5. The molecule has 3 N–H and O–H groups in total. The quantitative estimate of drug-likeness (QED) is 0.677. The third-order valence-electron chi connectivity index (χ3n) is 2.33. The lowest BCUT2D eigenvalue weighted by atomic mass is 10.3. The molecule has 0 bridgehead atoms. The Hall–Kier alpha value is -0.670. The maximum absolute atomic E-state index is 11.8. The van der Waals surface area contributed by atoms with Crippen molar-refractivity contribution in [2.45, 2.75) is 17.2 Å². The lowest BCUT2D eigenvalue weighted by Gasteiger charge is -2.11. The molecule has 19 heavy (non-hydrogen) atoms. The topological polar surface area (TPSA) is 87.3 Å². The zero-order valence-corrected chi connectivity index (χ0v) is 13.0. The van der Waals surface area contributed by atoms with Crippen LogP contribution in [0.4, 0.5) is 0 Å². The van der Waals surface area contributed by atoms with Gasteiger partial charge in [0.1, 0.15) is 4.21 Å². The Bertz CT molecular complexity index is 530. The van der Waals surface area contributed by atoms with Crippen LogP contribution >= 0.6 is 22.9 Å². The van der Waals surface area contributed by atoms with E-state index >= 15 is 0 Å². The first-order valence-electron chi connectivity index (χ1n) is 5.54. The lowest BCUT2D eigenvalue weighted by molar-refractivity contribution is -0.120. The molecule has 0 saturated heterocycles. The molecule has 9 heteroatoms. The number of carbonyl (C=O) groups is 1. The van der Waals surface area contributed by atoms with E-state index < -0.39 is 10.0 Å². The van der Waals surface area contributed by atoms with Gasteiger partial charge in [-0.15, -0.1) is 11.3 Å². The van der Waals surface area contributed by atoms with Crippen LogP contribution in [0.15, 0.2) is 16.3 Å². The molecule has 108 valence electrons. The number of halogens is 1. The van der Waals surface area contributed by atoms with Crippen molar-refractivity contribution in [3.63, 3.8) is 0 Å². The number of carbonyl (C=O) groups excluding carboxylic acids is 1. The third-order valence-corrected chi connectivity index (χ3v) is 5.46. The van der Waals surface area contributed by atoms with Crippen molar-refractivity contribution in [2.24, 2.45) is 0 Å².